The first-order chi connectivity index (χ1) is 19.8. The number of hydrogen-bond donors (Lipinski definition) is 1. The van der Waals surface area contributed by atoms with Crippen LogP contribution in [0, 0.1) is 0 Å². The van der Waals surface area contributed by atoms with E-state index in [1.54, 1.807) is 11.6 Å². The maximum Gasteiger partial charge on any atom is 0.341 e. The minimum atomic E-state index is -1.37. The number of aromatic nitrogens is 1. The Morgan fingerprint density at radius 3 is 2.05 bits per heavy atom. The first kappa shape index (κ1) is 27.9. The van der Waals surface area contributed by atoms with Gasteiger partial charge in [0.25, 0.3) is 5.91 Å². The molecule has 4 aromatic rings. The van der Waals surface area contributed by atoms with Crippen LogP contribution in [0.5, 0.6) is 5.75 Å². The van der Waals surface area contributed by atoms with Gasteiger partial charge in [-0.05, 0) is 54.5 Å². The van der Waals surface area contributed by atoms with E-state index in [1.165, 1.54) is 22.2 Å². The molecule has 0 unspecified atom stereocenters. The highest BCUT2D eigenvalue weighted by Crippen LogP contribution is 2.36. The minimum absolute atomic E-state index is 0.0138. The van der Waals surface area contributed by atoms with Gasteiger partial charge in [0.1, 0.15) is 12.2 Å². The fourth-order valence-corrected chi connectivity index (χ4v) is 5.45. The summed E-state index contributed by atoms with van der Waals surface area (Å²) < 4.78 is 7.67. The molecular formula is C34H34N2O5. The quantitative estimate of drug-likeness (QED) is 0.311. The van der Waals surface area contributed by atoms with Crippen LogP contribution in [-0.2, 0) is 26.0 Å². The highest BCUT2D eigenvalue weighted by atomic mass is 16.5. The number of hydrogen-bond acceptors (Lipinski definition) is 4. The van der Waals surface area contributed by atoms with Crippen molar-refractivity contribution in [3.05, 3.63) is 134 Å². The van der Waals surface area contributed by atoms with Crippen molar-refractivity contribution < 1.29 is 19.4 Å². The minimum Gasteiger partial charge on any atom is -0.483 e. The second-order valence-electron chi connectivity index (χ2n) is 10.7. The maximum atomic E-state index is 14.0. The van der Waals surface area contributed by atoms with E-state index in [4.69, 9.17) is 4.74 Å². The molecule has 0 fully saturated rings. The highest BCUT2D eigenvalue weighted by molar-refractivity contribution is 5.97. The van der Waals surface area contributed by atoms with Crippen molar-refractivity contribution in [3.8, 4) is 5.75 Å². The van der Waals surface area contributed by atoms with Gasteiger partial charge in [-0.25, -0.2) is 4.79 Å². The lowest BCUT2D eigenvalue weighted by atomic mass is 9.87. The fourth-order valence-electron chi connectivity index (χ4n) is 5.45. The van der Waals surface area contributed by atoms with Crippen molar-refractivity contribution in [2.45, 2.75) is 51.8 Å². The summed E-state index contributed by atoms with van der Waals surface area (Å²) in [6.45, 7) is 4.03. The third-order valence-corrected chi connectivity index (χ3v) is 7.90. The number of amides is 1. The molecule has 1 heterocycles. The molecule has 3 aromatic carbocycles. The Kier molecular flexibility index (Phi) is 8.06. The number of carboxylic acids is 1. The number of rotatable bonds is 8. The van der Waals surface area contributed by atoms with Crippen LogP contribution in [0.2, 0.25) is 0 Å². The summed E-state index contributed by atoms with van der Waals surface area (Å²) in [5.74, 6) is -2.20. The molecule has 7 nitrogen and oxygen atoms in total. The lowest BCUT2D eigenvalue weighted by Gasteiger charge is -2.28. The molecule has 1 aromatic heterocycles. The van der Waals surface area contributed by atoms with Gasteiger partial charge in [-0.3, -0.25) is 9.59 Å². The van der Waals surface area contributed by atoms with Gasteiger partial charge in [0, 0.05) is 31.7 Å². The molecule has 0 aliphatic heterocycles. The standard InChI is InChI=1S/C34H34N2O5/c1-22(2)35(3)33(38)30-32(41-21-23-11-5-4-6-12-23)31(37)29(34(39)40)20-36(30)19-28-26-15-9-7-13-24(26)17-18-25-14-8-10-16-27(25)28/h4-16,20,22,28H,17-19,21H2,1-3H3,(H,39,40). The van der Waals surface area contributed by atoms with E-state index in [1.807, 2.05) is 68.4 Å². The van der Waals surface area contributed by atoms with E-state index in [9.17, 15) is 19.5 Å². The summed E-state index contributed by atoms with van der Waals surface area (Å²) in [6.07, 6.45) is 3.06. The Morgan fingerprint density at radius 2 is 1.49 bits per heavy atom. The van der Waals surface area contributed by atoms with Crippen LogP contribution >= 0.6 is 0 Å². The molecule has 0 saturated heterocycles. The van der Waals surface area contributed by atoms with Gasteiger partial charge in [-0.15, -0.1) is 0 Å². The molecule has 1 aliphatic rings. The van der Waals surface area contributed by atoms with Gasteiger partial charge < -0.3 is 19.3 Å². The van der Waals surface area contributed by atoms with Gasteiger partial charge in [0.2, 0.25) is 5.43 Å². The van der Waals surface area contributed by atoms with Crippen molar-refractivity contribution in [1.29, 1.82) is 0 Å². The molecule has 1 N–H and O–H groups in total. The lowest BCUT2D eigenvalue weighted by molar-refractivity contribution is 0.0685. The van der Waals surface area contributed by atoms with Gasteiger partial charge in [0.15, 0.2) is 11.4 Å². The Hall–Kier alpha value is -4.65. The van der Waals surface area contributed by atoms with Crippen molar-refractivity contribution in [1.82, 2.24) is 9.47 Å². The van der Waals surface area contributed by atoms with E-state index < -0.39 is 22.9 Å². The average molecular weight is 551 g/mol. The Balaban J connectivity index is 1.72. The topological polar surface area (TPSA) is 88.8 Å². The summed E-state index contributed by atoms with van der Waals surface area (Å²) in [4.78, 5) is 41.4. The largest absolute Gasteiger partial charge is 0.483 e. The van der Waals surface area contributed by atoms with Crippen molar-refractivity contribution in [2.24, 2.45) is 0 Å². The lowest BCUT2D eigenvalue weighted by Crippen LogP contribution is -2.37. The molecule has 7 heteroatoms. The molecule has 0 atom stereocenters. The van der Waals surface area contributed by atoms with E-state index in [-0.39, 0.29) is 36.6 Å². The maximum absolute atomic E-state index is 14.0. The number of ether oxygens (including phenoxy) is 1. The van der Waals surface area contributed by atoms with E-state index in [0.717, 1.165) is 29.5 Å². The number of nitrogens with zero attached hydrogens (tertiary/aromatic N) is 2. The van der Waals surface area contributed by atoms with Gasteiger partial charge in [-0.1, -0.05) is 78.9 Å². The fraction of sp³-hybridized carbons (Fsp3) is 0.265. The van der Waals surface area contributed by atoms with E-state index in [2.05, 4.69) is 24.3 Å². The molecule has 0 radical (unpaired) electrons. The molecule has 0 bridgehead atoms. The molecule has 210 valence electrons. The Morgan fingerprint density at radius 1 is 0.927 bits per heavy atom. The summed E-state index contributed by atoms with van der Waals surface area (Å²) >= 11 is 0. The Bertz CT molecular complexity index is 1590. The first-order valence-electron chi connectivity index (χ1n) is 13.9. The number of carbonyl (C=O) groups is 2. The number of fused-ring (bicyclic) bond motifs is 2. The van der Waals surface area contributed by atoms with E-state index >= 15 is 0 Å². The van der Waals surface area contributed by atoms with Gasteiger partial charge in [0.05, 0.1) is 0 Å². The number of carbonyl (C=O) groups excluding carboxylic acids is 1. The number of aryl methyl sites for hydroxylation is 2. The predicted molar refractivity (Wildman–Crippen MR) is 158 cm³/mol. The smallest absolute Gasteiger partial charge is 0.341 e. The molecule has 0 spiro atoms. The molecule has 41 heavy (non-hydrogen) atoms. The summed E-state index contributed by atoms with van der Waals surface area (Å²) in [5.41, 5.74) is 4.25. The van der Waals surface area contributed by atoms with Crippen molar-refractivity contribution >= 4 is 11.9 Å². The van der Waals surface area contributed by atoms with Crippen LogP contribution in [0.4, 0.5) is 0 Å². The van der Waals surface area contributed by atoms with Crippen molar-refractivity contribution in [2.75, 3.05) is 7.05 Å². The van der Waals surface area contributed by atoms with E-state index in [0.29, 0.717) is 0 Å². The summed E-state index contributed by atoms with van der Waals surface area (Å²) in [6, 6.07) is 25.6. The molecule has 1 aliphatic carbocycles. The zero-order valence-corrected chi connectivity index (χ0v) is 23.5. The monoisotopic (exact) mass is 550 g/mol. The third-order valence-electron chi connectivity index (χ3n) is 7.90. The second-order valence-corrected chi connectivity index (χ2v) is 10.7. The SMILES string of the molecule is CC(C)N(C)C(=O)c1c(OCc2ccccc2)c(=O)c(C(=O)O)cn1CC1c2ccccc2CCc2ccccc21. The zero-order chi connectivity index (χ0) is 29.1. The predicted octanol–water partition coefficient (Wildman–Crippen LogP) is 5.54. The highest BCUT2D eigenvalue weighted by Gasteiger charge is 2.31. The van der Waals surface area contributed by atoms with Crippen LogP contribution in [0.1, 0.15) is 68.4 Å². The van der Waals surface area contributed by atoms with Crippen LogP contribution < -0.4 is 10.2 Å². The molecular weight excluding hydrogens is 516 g/mol. The first-order valence-corrected chi connectivity index (χ1v) is 13.9. The third kappa shape index (κ3) is 5.66. The Labute approximate surface area is 239 Å². The summed E-state index contributed by atoms with van der Waals surface area (Å²) in [7, 11) is 1.67. The van der Waals surface area contributed by atoms with Crippen LogP contribution in [0.25, 0.3) is 0 Å². The van der Waals surface area contributed by atoms with Crippen LogP contribution in [-0.4, -0.2) is 39.5 Å². The number of pyridine rings is 1. The van der Waals surface area contributed by atoms with Crippen LogP contribution in [0.3, 0.4) is 0 Å². The summed E-state index contributed by atoms with van der Waals surface area (Å²) in [5, 5.41) is 10.0. The number of benzene rings is 3. The number of carboxylic acid groups (broad SMARTS) is 1. The normalized spacial score (nSPS) is 12.8. The molecule has 5 rings (SSSR count). The zero-order valence-electron chi connectivity index (χ0n) is 23.5. The van der Waals surface area contributed by atoms with Gasteiger partial charge in [-0.2, -0.15) is 0 Å². The molecule has 1 amide bonds. The second kappa shape index (κ2) is 11.8. The van der Waals surface area contributed by atoms with Gasteiger partial charge >= 0.3 is 5.97 Å². The van der Waals surface area contributed by atoms with Crippen LogP contribution in [0.15, 0.2) is 89.9 Å². The molecule has 0 saturated carbocycles. The average Bonchev–Trinajstić information content (AvgIpc) is 3.13. The van der Waals surface area contributed by atoms with Crippen molar-refractivity contribution in [3.63, 3.8) is 0 Å². The number of aromatic carboxylic acids is 1.